The van der Waals surface area contributed by atoms with Crippen LogP contribution in [0.25, 0.3) is 10.7 Å². The van der Waals surface area contributed by atoms with Gasteiger partial charge in [0.05, 0.1) is 4.88 Å². The Hall–Kier alpha value is -2.48. The van der Waals surface area contributed by atoms with E-state index in [4.69, 9.17) is 9.63 Å². The van der Waals surface area contributed by atoms with Gasteiger partial charge in [-0.15, -0.1) is 11.3 Å². The van der Waals surface area contributed by atoms with Gasteiger partial charge in [0.15, 0.2) is 0 Å². The van der Waals surface area contributed by atoms with E-state index in [2.05, 4.69) is 15.5 Å². The van der Waals surface area contributed by atoms with Gasteiger partial charge >= 0.3 is 5.97 Å². The number of nitrogens with zero attached hydrogens (tertiary/aromatic N) is 2. The highest BCUT2D eigenvalue weighted by molar-refractivity contribution is 7.13. The van der Waals surface area contributed by atoms with Crippen LogP contribution in [0.2, 0.25) is 0 Å². The van der Waals surface area contributed by atoms with Gasteiger partial charge in [-0.05, 0) is 24.8 Å². The Bertz CT molecular complexity index is 679. The zero-order chi connectivity index (χ0) is 16.7. The summed E-state index contributed by atoms with van der Waals surface area (Å²) in [6, 6.07) is 2.84. The molecule has 122 valence electrons. The number of aryl methyl sites for hydroxylation is 1. The number of allylic oxidation sites excluding steroid dienone is 1. The summed E-state index contributed by atoms with van der Waals surface area (Å²) in [6.45, 7) is 1.79. The smallest absolute Gasteiger partial charge is 0.326 e. The summed E-state index contributed by atoms with van der Waals surface area (Å²) >= 11 is 1.50. The fourth-order valence-corrected chi connectivity index (χ4v) is 2.49. The lowest BCUT2D eigenvalue weighted by molar-refractivity contribution is -0.141. The molecule has 1 atom stereocenters. The first kappa shape index (κ1) is 16.9. The number of aliphatic carboxylic acids is 1. The van der Waals surface area contributed by atoms with Gasteiger partial charge < -0.3 is 14.9 Å². The minimum atomic E-state index is -1.06. The monoisotopic (exact) mass is 335 g/mol. The SMILES string of the molecule is C/C=C/CC(NC(=O)CCc1nc(-c2cccs2)no1)C(=O)O. The molecule has 2 N–H and O–H groups in total. The summed E-state index contributed by atoms with van der Waals surface area (Å²) in [4.78, 5) is 28.0. The van der Waals surface area contributed by atoms with Gasteiger partial charge in [-0.2, -0.15) is 4.98 Å². The van der Waals surface area contributed by atoms with Gasteiger partial charge in [0.2, 0.25) is 17.6 Å². The Balaban J connectivity index is 1.85. The Kier molecular flexibility index (Phi) is 6.04. The second-order valence-electron chi connectivity index (χ2n) is 4.75. The average Bonchev–Trinajstić information content (AvgIpc) is 3.19. The van der Waals surface area contributed by atoms with Crippen LogP contribution in [0.4, 0.5) is 0 Å². The van der Waals surface area contributed by atoms with E-state index < -0.39 is 12.0 Å². The van der Waals surface area contributed by atoms with Crippen molar-refractivity contribution in [3.63, 3.8) is 0 Å². The zero-order valence-electron chi connectivity index (χ0n) is 12.6. The summed E-state index contributed by atoms with van der Waals surface area (Å²) in [5, 5.41) is 17.3. The van der Waals surface area contributed by atoms with Crippen LogP contribution >= 0.6 is 11.3 Å². The number of amides is 1. The van der Waals surface area contributed by atoms with E-state index in [1.807, 2.05) is 17.5 Å². The number of hydrogen-bond acceptors (Lipinski definition) is 6. The minimum Gasteiger partial charge on any atom is -0.480 e. The van der Waals surface area contributed by atoms with E-state index in [-0.39, 0.29) is 25.2 Å². The maximum absolute atomic E-state index is 11.8. The van der Waals surface area contributed by atoms with Crippen molar-refractivity contribution in [3.05, 3.63) is 35.6 Å². The standard InChI is InChI=1S/C15H17N3O4S/c1-2-3-5-10(15(20)21)16-12(19)7-8-13-17-14(18-22-13)11-6-4-9-23-11/h2-4,6,9-10H,5,7-8H2,1H3,(H,16,19)(H,20,21)/b3-2+. The molecule has 23 heavy (non-hydrogen) atoms. The first-order valence-electron chi connectivity index (χ1n) is 7.10. The van der Waals surface area contributed by atoms with Crippen molar-refractivity contribution in [2.45, 2.75) is 32.2 Å². The molecule has 2 aromatic rings. The van der Waals surface area contributed by atoms with E-state index >= 15 is 0 Å². The summed E-state index contributed by atoms with van der Waals surface area (Å²) in [6.07, 6.45) is 4.05. The summed E-state index contributed by atoms with van der Waals surface area (Å²) < 4.78 is 5.09. The molecule has 0 radical (unpaired) electrons. The quantitative estimate of drug-likeness (QED) is 0.717. The molecular formula is C15H17N3O4S. The largest absolute Gasteiger partial charge is 0.480 e. The first-order valence-corrected chi connectivity index (χ1v) is 7.98. The molecule has 0 aliphatic carbocycles. The fourth-order valence-electron chi connectivity index (χ4n) is 1.84. The van der Waals surface area contributed by atoms with Gasteiger partial charge in [0.25, 0.3) is 0 Å². The van der Waals surface area contributed by atoms with Crippen molar-refractivity contribution in [1.29, 1.82) is 0 Å². The number of carbonyl (C=O) groups is 2. The van der Waals surface area contributed by atoms with Crippen LogP contribution in [0.1, 0.15) is 25.7 Å². The van der Waals surface area contributed by atoms with Crippen LogP contribution in [0.5, 0.6) is 0 Å². The maximum atomic E-state index is 11.8. The van der Waals surface area contributed by atoms with E-state index in [0.29, 0.717) is 11.7 Å². The van der Waals surface area contributed by atoms with Gasteiger partial charge in [-0.1, -0.05) is 23.4 Å². The lowest BCUT2D eigenvalue weighted by Gasteiger charge is -2.11. The van der Waals surface area contributed by atoms with Crippen molar-refractivity contribution in [3.8, 4) is 10.7 Å². The fraction of sp³-hybridized carbons (Fsp3) is 0.333. The number of rotatable bonds is 8. The predicted octanol–water partition coefficient (Wildman–Crippen LogP) is 2.27. The average molecular weight is 335 g/mol. The molecule has 7 nitrogen and oxygen atoms in total. The third kappa shape index (κ3) is 5.03. The lowest BCUT2D eigenvalue weighted by atomic mass is 10.2. The van der Waals surface area contributed by atoms with Crippen molar-refractivity contribution >= 4 is 23.2 Å². The van der Waals surface area contributed by atoms with Crippen molar-refractivity contribution in [2.24, 2.45) is 0 Å². The molecule has 0 fully saturated rings. The molecule has 1 amide bonds. The normalized spacial score (nSPS) is 12.4. The Labute approximate surface area is 137 Å². The summed E-state index contributed by atoms with van der Waals surface area (Å²) in [5.74, 6) is -0.581. The molecule has 0 bridgehead atoms. The van der Waals surface area contributed by atoms with Crippen LogP contribution in [-0.4, -0.2) is 33.2 Å². The highest BCUT2D eigenvalue weighted by Crippen LogP contribution is 2.21. The highest BCUT2D eigenvalue weighted by atomic mass is 32.1. The van der Waals surface area contributed by atoms with Gasteiger partial charge in [0.1, 0.15) is 6.04 Å². The molecule has 2 heterocycles. The third-order valence-electron chi connectivity index (χ3n) is 3.02. The number of carboxylic acids is 1. The first-order chi connectivity index (χ1) is 11.1. The van der Waals surface area contributed by atoms with E-state index in [9.17, 15) is 9.59 Å². The number of nitrogens with one attached hydrogen (secondary N) is 1. The minimum absolute atomic E-state index is 0.0890. The number of aromatic nitrogens is 2. The zero-order valence-corrected chi connectivity index (χ0v) is 13.4. The summed E-state index contributed by atoms with van der Waals surface area (Å²) in [7, 11) is 0. The van der Waals surface area contributed by atoms with E-state index in [1.165, 1.54) is 11.3 Å². The molecule has 2 aromatic heterocycles. The van der Waals surface area contributed by atoms with Gasteiger partial charge in [0, 0.05) is 12.8 Å². The number of carbonyl (C=O) groups excluding carboxylic acids is 1. The second-order valence-corrected chi connectivity index (χ2v) is 5.70. The lowest BCUT2D eigenvalue weighted by Crippen LogP contribution is -2.40. The van der Waals surface area contributed by atoms with Crippen molar-refractivity contribution in [1.82, 2.24) is 15.5 Å². The van der Waals surface area contributed by atoms with Gasteiger partial charge in [-0.3, -0.25) is 4.79 Å². The molecule has 0 saturated carbocycles. The third-order valence-corrected chi connectivity index (χ3v) is 3.88. The molecule has 8 heteroatoms. The molecule has 1 unspecified atom stereocenters. The summed E-state index contributed by atoms with van der Waals surface area (Å²) in [5.41, 5.74) is 0. The topological polar surface area (TPSA) is 105 Å². The molecular weight excluding hydrogens is 318 g/mol. The Morgan fingerprint density at radius 2 is 2.35 bits per heavy atom. The highest BCUT2D eigenvalue weighted by Gasteiger charge is 2.19. The molecule has 0 saturated heterocycles. The molecule has 0 aliphatic rings. The van der Waals surface area contributed by atoms with Crippen LogP contribution in [-0.2, 0) is 16.0 Å². The van der Waals surface area contributed by atoms with E-state index in [0.717, 1.165) is 4.88 Å². The maximum Gasteiger partial charge on any atom is 0.326 e. The Morgan fingerprint density at radius 1 is 1.52 bits per heavy atom. The van der Waals surface area contributed by atoms with Crippen LogP contribution in [0.15, 0.2) is 34.2 Å². The van der Waals surface area contributed by atoms with E-state index in [1.54, 1.807) is 19.1 Å². The molecule has 0 aliphatic heterocycles. The molecule has 0 spiro atoms. The molecule has 2 rings (SSSR count). The van der Waals surface area contributed by atoms with Crippen molar-refractivity contribution in [2.75, 3.05) is 0 Å². The predicted molar refractivity (Wildman–Crippen MR) is 84.9 cm³/mol. The van der Waals surface area contributed by atoms with Crippen LogP contribution in [0.3, 0.4) is 0 Å². The van der Waals surface area contributed by atoms with Crippen molar-refractivity contribution < 1.29 is 19.2 Å². The van der Waals surface area contributed by atoms with Crippen LogP contribution in [0, 0.1) is 0 Å². The number of thiophene rings is 1. The Morgan fingerprint density at radius 3 is 3.00 bits per heavy atom. The number of hydrogen-bond donors (Lipinski definition) is 2. The molecule has 0 aromatic carbocycles. The number of carboxylic acid groups (broad SMARTS) is 1. The second kappa shape index (κ2) is 8.23. The van der Waals surface area contributed by atoms with Gasteiger partial charge in [-0.25, -0.2) is 4.79 Å². The van der Waals surface area contributed by atoms with Crippen LogP contribution < -0.4 is 5.32 Å².